The summed E-state index contributed by atoms with van der Waals surface area (Å²) in [5.74, 6) is -1.06. The predicted molar refractivity (Wildman–Crippen MR) is 132 cm³/mol. The van der Waals surface area contributed by atoms with Gasteiger partial charge < -0.3 is 23.7 Å². The van der Waals surface area contributed by atoms with E-state index in [0.29, 0.717) is 0 Å². The molecule has 3 aromatic carbocycles. The van der Waals surface area contributed by atoms with Crippen LogP contribution in [0, 0.1) is 0 Å². The normalized spacial score (nSPS) is 21.6. The Labute approximate surface area is 210 Å². The Kier molecular flexibility index (Phi) is 8.15. The maximum atomic E-state index is 11.9. The lowest BCUT2D eigenvalue weighted by Crippen LogP contribution is -2.43. The van der Waals surface area contributed by atoms with Gasteiger partial charge in [-0.05, 0) is 16.7 Å². The number of carbonyl (C=O) groups is 2. The van der Waals surface area contributed by atoms with Crippen LogP contribution in [0.1, 0.15) is 30.5 Å². The van der Waals surface area contributed by atoms with E-state index in [-0.39, 0.29) is 6.61 Å². The third kappa shape index (κ3) is 5.33. The van der Waals surface area contributed by atoms with Crippen LogP contribution in [0.25, 0.3) is 0 Å². The van der Waals surface area contributed by atoms with Crippen molar-refractivity contribution < 1.29 is 33.3 Å². The maximum absolute atomic E-state index is 11.9. The summed E-state index contributed by atoms with van der Waals surface area (Å²) in [5.41, 5.74) is 1.77. The number of hydrogen-bond donors (Lipinski definition) is 0. The van der Waals surface area contributed by atoms with Gasteiger partial charge in [-0.2, -0.15) is 0 Å². The van der Waals surface area contributed by atoms with E-state index in [4.69, 9.17) is 23.7 Å². The fourth-order valence-electron chi connectivity index (χ4n) is 4.64. The van der Waals surface area contributed by atoms with Gasteiger partial charge in [0.15, 0.2) is 18.5 Å². The van der Waals surface area contributed by atoms with Crippen LogP contribution in [0.2, 0.25) is 0 Å². The van der Waals surface area contributed by atoms with Crippen LogP contribution < -0.4 is 0 Å². The number of rotatable bonds is 9. The average Bonchev–Trinajstić information content (AvgIpc) is 3.21. The van der Waals surface area contributed by atoms with Gasteiger partial charge in [0.2, 0.25) is 0 Å². The zero-order valence-electron chi connectivity index (χ0n) is 20.5. The highest BCUT2D eigenvalue weighted by atomic mass is 16.7. The first kappa shape index (κ1) is 25.6. The Hall–Kier alpha value is -3.52. The van der Waals surface area contributed by atoms with Crippen molar-refractivity contribution in [3.8, 4) is 0 Å². The summed E-state index contributed by atoms with van der Waals surface area (Å²) in [4.78, 5) is 23.7. The van der Waals surface area contributed by atoms with Gasteiger partial charge in [-0.3, -0.25) is 9.59 Å². The molecule has 1 saturated heterocycles. The average molecular weight is 491 g/mol. The summed E-state index contributed by atoms with van der Waals surface area (Å²) in [7, 11) is 1.44. The monoisotopic (exact) mass is 490 g/mol. The van der Waals surface area contributed by atoms with Crippen molar-refractivity contribution in [2.24, 2.45) is 0 Å². The van der Waals surface area contributed by atoms with Gasteiger partial charge in [0.25, 0.3) is 0 Å². The highest BCUT2D eigenvalue weighted by Crippen LogP contribution is 2.41. The van der Waals surface area contributed by atoms with E-state index in [1.54, 1.807) is 0 Å². The fourth-order valence-corrected chi connectivity index (χ4v) is 4.64. The molecule has 1 aliphatic rings. The van der Waals surface area contributed by atoms with Crippen LogP contribution in [0.15, 0.2) is 91.0 Å². The molecule has 7 heteroatoms. The molecule has 4 atom stereocenters. The molecule has 0 N–H and O–H groups in total. The van der Waals surface area contributed by atoms with Crippen molar-refractivity contribution in [3.05, 3.63) is 108 Å². The number of methoxy groups -OCH3 is 1. The molecule has 0 amide bonds. The molecule has 0 bridgehead atoms. The van der Waals surface area contributed by atoms with E-state index in [1.807, 2.05) is 91.0 Å². The lowest BCUT2D eigenvalue weighted by atomic mass is 9.80. The molecule has 0 radical (unpaired) electrons. The largest absolute Gasteiger partial charge is 0.455 e. The Balaban J connectivity index is 1.76. The molecule has 1 fully saturated rings. The smallest absolute Gasteiger partial charge is 0.303 e. The molecular formula is C29H30O7. The lowest BCUT2D eigenvalue weighted by Gasteiger charge is -2.37. The topological polar surface area (TPSA) is 80.3 Å². The first-order chi connectivity index (χ1) is 17.5. The van der Waals surface area contributed by atoms with Gasteiger partial charge >= 0.3 is 11.9 Å². The standard InChI is InChI=1S/C29H30O7/c1-20(30)34-26-25(36-28(32-3)27(26)35-21(2)31)19-33-29(22-13-7-4-8-14-22,23-15-9-5-10-16-23)24-17-11-6-12-18-24/h4-18,25-28H,19H2,1-3H3/t25-,26+,27+,28-/m0/s1. The van der Waals surface area contributed by atoms with E-state index in [1.165, 1.54) is 21.0 Å². The molecule has 3 aromatic rings. The second kappa shape index (κ2) is 11.5. The zero-order chi connectivity index (χ0) is 25.5. The molecule has 0 aliphatic carbocycles. The Morgan fingerprint density at radius 3 is 1.53 bits per heavy atom. The van der Waals surface area contributed by atoms with Gasteiger partial charge in [-0.15, -0.1) is 0 Å². The lowest BCUT2D eigenvalue weighted by molar-refractivity contribution is -0.182. The number of ether oxygens (including phenoxy) is 5. The molecule has 1 heterocycles. The Bertz CT molecular complexity index is 1040. The number of carbonyl (C=O) groups excluding carboxylic acids is 2. The van der Waals surface area contributed by atoms with Gasteiger partial charge in [0, 0.05) is 21.0 Å². The van der Waals surface area contributed by atoms with Gasteiger partial charge in [0.1, 0.15) is 11.7 Å². The second-order valence-corrected chi connectivity index (χ2v) is 8.52. The van der Waals surface area contributed by atoms with E-state index in [9.17, 15) is 9.59 Å². The van der Waals surface area contributed by atoms with Crippen LogP contribution in [0.3, 0.4) is 0 Å². The SMILES string of the molecule is CO[C@H]1O[C@@H](COC(c2ccccc2)(c2ccccc2)c2ccccc2)[C@@H](OC(C)=O)[C@H]1OC(C)=O. The second-order valence-electron chi connectivity index (χ2n) is 8.52. The Morgan fingerprint density at radius 1 is 0.722 bits per heavy atom. The van der Waals surface area contributed by atoms with E-state index < -0.39 is 42.1 Å². The summed E-state index contributed by atoms with van der Waals surface area (Å²) in [6, 6.07) is 29.7. The molecule has 36 heavy (non-hydrogen) atoms. The molecule has 4 rings (SSSR count). The summed E-state index contributed by atoms with van der Waals surface area (Å²) < 4.78 is 29.2. The van der Waals surface area contributed by atoms with Gasteiger partial charge in [-0.25, -0.2) is 0 Å². The Morgan fingerprint density at radius 2 is 1.14 bits per heavy atom. The predicted octanol–water partition coefficient (Wildman–Crippen LogP) is 4.23. The van der Waals surface area contributed by atoms with Crippen molar-refractivity contribution in [2.75, 3.05) is 13.7 Å². The third-order valence-corrected chi connectivity index (χ3v) is 6.11. The molecule has 0 saturated carbocycles. The van der Waals surface area contributed by atoms with Crippen molar-refractivity contribution in [2.45, 2.75) is 44.1 Å². The number of esters is 2. The highest BCUT2D eigenvalue weighted by Gasteiger charge is 2.51. The summed E-state index contributed by atoms with van der Waals surface area (Å²) in [6.07, 6.45) is -3.49. The van der Waals surface area contributed by atoms with Crippen LogP contribution in [0.5, 0.6) is 0 Å². The van der Waals surface area contributed by atoms with Crippen molar-refractivity contribution in [1.82, 2.24) is 0 Å². The number of benzene rings is 3. The molecular weight excluding hydrogens is 460 g/mol. The minimum absolute atomic E-state index is 0.0221. The molecule has 0 unspecified atom stereocenters. The summed E-state index contributed by atoms with van der Waals surface area (Å²) in [5, 5.41) is 0. The van der Waals surface area contributed by atoms with Crippen molar-refractivity contribution >= 4 is 11.9 Å². The van der Waals surface area contributed by atoms with Crippen LogP contribution in [0.4, 0.5) is 0 Å². The minimum Gasteiger partial charge on any atom is -0.455 e. The van der Waals surface area contributed by atoms with Crippen LogP contribution >= 0.6 is 0 Å². The maximum Gasteiger partial charge on any atom is 0.303 e. The van der Waals surface area contributed by atoms with E-state index in [2.05, 4.69) is 0 Å². The van der Waals surface area contributed by atoms with Gasteiger partial charge in [0.05, 0.1) is 6.61 Å². The van der Waals surface area contributed by atoms with E-state index in [0.717, 1.165) is 16.7 Å². The molecule has 1 aliphatic heterocycles. The fraction of sp³-hybridized carbons (Fsp3) is 0.310. The number of hydrogen-bond acceptors (Lipinski definition) is 7. The quantitative estimate of drug-likeness (QED) is 0.328. The van der Waals surface area contributed by atoms with Crippen LogP contribution in [-0.4, -0.2) is 50.3 Å². The van der Waals surface area contributed by atoms with Crippen LogP contribution in [-0.2, 0) is 38.9 Å². The molecule has 188 valence electrons. The van der Waals surface area contributed by atoms with Crippen molar-refractivity contribution in [3.63, 3.8) is 0 Å². The summed E-state index contributed by atoms with van der Waals surface area (Å²) >= 11 is 0. The first-order valence-electron chi connectivity index (χ1n) is 11.8. The molecule has 0 aromatic heterocycles. The zero-order valence-corrected chi connectivity index (χ0v) is 20.5. The highest BCUT2D eigenvalue weighted by molar-refractivity contribution is 5.67. The minimum atomic E-state index is -0.990. The van der Waals surface area contributed by atoms with Gasteiger partial charge in [-0.1, -0.05) is 91.0 Å². The third-order valence-electron chi connectivity index (χ3n) is 6.11. The summed E-state index contributed by atoms with van der Waals surface area (Å²) in [6.45, 7) is 2.60. The molecule has 0 spiro atoms. The van der Waals surface area contributed by atoms with E-state index >= 15 is 0 Å². The first-order valence-corrected chi connectivity index (χ1v) is 11.8. The molecule has 7 nitrogen and oxygen atoms in total. The van der Waals surface area contributed by atoms with Crippen molar-refractivity contribution in [1.29, 1.82) is 0 Å².